The average molecular weight is 324 g/mol. The third-order valence-electron chi connectivity index (χ3n) is 3.61. The van der Waals surface area contributed by atoms with Crippen molar-refractivity contribution in [1.29, 1.82) is 0 Å². The molecule has 0 bridgehead atoms. The third-order valence-corrected chi connectivity index (χ3v) is 3.61. The van der Waals surface area contributed by atoms with Crippen molar-refractivity contribution in [2.75, 3.05) is 19.7 Å². The van der Waals surface area contributed by atoms with Crippen LogP contribution in [0.4, 0.5) is 0 Å². The van der Waals surface area contributed by atoms with E-state index in [4.69, 9.17) is 9.84 Å². The molecule has 0 unspecified atom stereocenters. The molecule has 0 saturated heterocycles. The summed E-state index contributed by atoms with van der Waals surface area (Å²) in [6.45, 7) is 5.51. The number of carbonyl (C=O) groups excluding carboxylic acids is 1. The van der Waals surface area contributed by atoms with Crippen molar-refractivity contribution in [3.8, 4) is 5.75 Å². The quantitative estimate of drug-likeness (QED) is 0.739. The Hall–Kier alpha value is -2.35. The summed E-state index contributed by atoms with van der Waals surface area (Å²) in [5.41, 5.74) is -1.74. The molecule has 1 aromatic heterocycles. The standard InChI is InChI=1S/C15H20N2O6/c1-9(2)23-7-3-4-16-5-6-17-8-10(15(21)22)12(18)13(19)11(17)14(16)20/h8-9,19H,3-7H2,1-2H3,(H,21,22). The van der Waals surface area contributed by atoms with E-state index >= 15 is 0 Å². The van der Waals surface area contributed by atoms with Gasteiger partial charge in [-0.05, 0) is 20.3 Å². The summed E-state index contributed by atoms with van der Waals surface area (Å²) in [6, 6.07) is 0. The van der Waals surface area contributed by atoms with Crippen molar-refractivity contribution in [3.63, 3.8) is 0 Å². The first kappa shape index (κ1) is 17.0. The lowest BCUT2D eigenvalue weighted by molar-refractivity contribution is 0.0573. The number of aromatic nitrogens is 1. The summed E-state index contributed by atoms with van der Waals surface area (Å²) in [7, 11) is 0. The number of hydrogen-bond donors (Lipinski definition) is 2. The number of ether oxygens (including phenoxy) is 1. The molecule has 0 aromatic carbocycles. The van der Waals surface area contributed by atoms with Crippen LogP contribution < -0.4 is 5.43 Å². The molecule has 23 heavy (non-hydrogen) atoms. The van der Waals surface area contributed by atoms with Gasteiger partial charge in [0.2, 0.25) is 5.43 Å². The van der Waals surface area contributed by atoms with Crippen molar-refractivity contribution < 1.29 is 24.5 Å². The maximum Gasteiger partial charge on any atom is 0.341 e. The summed E-state index contributed by atoms with van der Waals surface area (Å²) in [5.74, 6) is -2.72. The molecule has 0 radical (unpaired) electrons. The zero-order chi connectivity index (χ0) is 17.1. The number of nitrogens with zero attached hydrogens (tertiary/aromatic N) is 2. The zero-order valence-corrected chi connectivity index (χ0v) is 13.1. The molecule has 1 amide bonds. The molecule has 0 saturated carbocycles. The normalized spacial score (nSPS) is 14.2. The van der Waals surface area contributed by atoms with Crippen LogP contribution in [0.1, 0.15) is 41.1 Å². The van der Waals surface area contributed by atoms with Gasteiger partial charge in [0.05, 0.1) is 6.10 Å². The molecular formula is C15H20N2O6. The SMILES string of the molecule is CC(C)OCCCN1CCn2cc(C(=O)O)c(=O)c(O)c2C1=O. The van der Waals surface area contributed by atoms with Crippen molar-refractivity contribution in [2.24, 2.45) is 0 Å². The minimum absolute atomic E-state index is 0.116. The van der Waals surface area contributed by atoms with Crippen LogP contribution >= 0.6 is 0 Å². The molecular weight excluding hydrogens is 304 g/mol. The maximum atomic E-state index is 12.4. The van der Waals surface area contributed by atoms with Gasteiger partial charge in [0.15, 0.2) is 11.4 Å². The molecule has 0 fully saturated rings. The summed E-state index contributed by atoms with van der Waals surface area (Å²) in [4.78, 5) is 36.8. The van der Waals surface area contributed by atoms with Gasteiger partial charge in [0, 0.05) is 32.4 Å². The van der Waals surface area contributed by atoms with E-state index in [-0.39, 0.29) is 11.8 Å². The Kier molecular flexibility index (Phi) is 5.05. The highest BCUT2D eigenvalue weighted by Crippen LogP contribution is 2.20. The minimum atomic E-state index is -1.43. The number of carboxylic acids is 1. The Bertz CT molecular complexity index is 679. The molecule has 0 atom stereocenters. The first-order chi connectivity index (χ1) is 10.8. The van der Waals surface area contributed by atoms with E-state index in [0.29, 0.717) is 32.7 Å². The van der Waals surface area contributed by atoms with E-state index in [1.54, 1.807) is 0 Å². The van der Waals surface area contributed by atoms with Gasteiger partial charge in [-0.1, -0.05) is 0 Å². The molecule has 2 rings (SSSR count). The number of pyridine rings is 1. The van der Waals surface area contributed by atoms with E-state index < -0.39 is 28.6 Å². The summed E-state index contributed by atoms with van der Waals surface area (Å²) in [6.07, 6.45) is 1.86. The highest BCUT2D eigenvalue weighted by Gasteiger charge is 2.30. The van der Waals surface area contributed by atoms with Gasteiger partial charge in [0.1, 0.15) is 5.56 Å². The molecule has 8 nitrogen and oxygen atoms in total. The van der Waals surface area contributed by atoms with Gasteiger partial charge >= 0.3 is 5.97 Å². The second kappa shape index (κ2) is 6.82. The van der Waals surface area contributed by atoms with Crippen LogP contribution in [0.2, 0.25) is 0 Å². The van der Waals surface area contributed by atoms with E-state index in [1.165, 1.54) is 9.47 Å². The van der Waals surface area contributed by atoms with Gasteiger partial charge in [0.25, 0.3) is 5.91 Å². The lowest BCUT2D eigenvalue weighted by Crippen LogP contribution is -2.42. The van der Waals surface area contributed by atoms with Gasteiger partial charge in [-0.15, -0.1) is 0 Å². The number of hydrogen-bond acceptors (Lipinski definition) is 5. The van der Waals surface area contributed by atoms with Crippen LogP contribution in [0.15, 0.2) is 11.0 Å². The summed E-state index contributed by atoms with van der Waals surface area (Å²) >= 11 is 0. The third kappa shape index (κ3) is 3.53. The molecule has 8 heteroatoms. The van der Waals surface area contributed by atoms with Crippen LogP contribution in [0, 0.1) is 0 Å². The van der Waals surface area contributed by atoms with Crippen LogP contribution in [0.5, 0.6) is 5.75 Å². The molecule has 1 aliphatic rings. The van der Waals surface area contributed by atoms with Gasteiger partial charge in [-0.3, -0.25) is 9.59 Å². The van der Waals surface area contributed by atoms with Crippen molar-refractivity contribution >= 4 is 11.9 Å². The number of aromatic hydroxyl groups is 1. The topological polar surface area (TPSA) is 109 Å². The molecule has 0 spiro atoms. The van der Waals surface area contributed by atoms with Crippen LogP contribution in [-0.4, -0.2) is 57.4 Å². The fourth-order valence-electron chi connectivity index (χ4n) is 2.47. The lowest BCUT2D eigenvalue weighted by atomic mass is 10.1. The Labute approximate surface area is 132 Å². The van der Waals surface area contributed by atoms with Crippen molar-refractivity contribution in [3.05, 3.63) is 27.7 Å². The first-order valence-corrected chi connectivity index (χ1v) is 7.43. The zero-order valence-electron chi connectivity index (χ0n) is 13.1. The Balaban J connectivity index is 2.18. The van der Waals surface area contributed by atoms with Crippen LogP contribution in [0.25, 0.3) is 0 Å². The number of carbonyl (C=O) groups is 2. The molecule has 126 valence electrons. The van der Waals surface area contributed by atoms with Crippen molar-refractivity contribution in [2.45, 2.75) is 32.9 Å². The second-order valence-electron chi connectivity index (χ2n) is 5.63. The number of fused-ring (bicyclic) bond motifs is 1. The molecule has 2 N–H and O–H groups in total. The fraction of sp³-hybridized carbons (Fsp3) is 0.533. The molecule has 0 aliphatic carbocycles. The predicted octanol–water partition coefficient (Wildman–Crippen LogP) is 0.523. The average Bonchev–Trinajstić information content (AvgIpc) is 2.48. The highest BCUT2D eigenvalue weighted by molar-refractivity contribution is 5.97. The number of aromatic carboxylic acids is 1. The lowest BCUT2D eigenvalue weighted by Gasteiger charge is -2.30. The number of amides is 1. The predicted molar refractivity (Wildman–Crippen MR) is 80.9 cm³/mol. The second-order valence-corrected chi connectivity index (χ2v) is 5.63. The highest BCUT2D eigenvalue weighted by atomic mass is 16.5. The van der Waals surface area contributed by atoms with E-state index in [2.05, 4.69) is 0 Å². The maximum absolute atomic E-state index is 12.4. The Morgan fingerprint density at radius 3 is 2.65 bits per heavy atom. The van der Waals surface area contributed by atoms with E-state index in [9.17, 15) is 19.5 Å². The van der Waals surface area contributed by atoms with Crippen LogP contribution in [0.3, 0.4) is 0 Å². The van der Waals surface area contributed by atoms with Gasteiger partial charge in [-0.2, -0.15) is 0 Å². The van der Waals surface area contributed by atoms with Crippen LogP contribution in [-0.2, 0) is 11.3 Å². The Morgan fingerprint density at radius 2 is 2.04 bits per heavy atom. The van der Waals surface area contributed by atoms with E-state index in [1.807, 2.05) is 13.8 Å². The number of carboxylic acid groups (broad SMARTS) is 1. The van der Waals surface area contributed by atoms with Crippen molar-refractivity contribution in [1.82, 2.24) is 9.47 Å². The fourth-order valence-corrected chi connectivity index (χ4v) is 2.47. The smallest absolute Gasteiger partial charge is 0.341 e. The number of rotatable bonds is 6. The van der Waals surface area contributed by atoms with E-state index in [0.717, 1.165) is 6.20 Å². The first-order valence-electron chi connectivity index (χ1n) is 7.43. The summed E-state index contributed by atoms with van der Waals surface area (Å²) in [5, 5.41) is 18.9. The van der Waals surface area contributed by atoms with Gasteiger partial charge in [-0.25, -0.2) is 4.79 Å². The monoisotopic (exact) mass is 324 g/mol. The Morgan fingerprint density at radius 1 is 1.35 bits per heavy atom. The molecule has 2 heterocycles. The largest absolute Gasteiger partial charge is 0.503 e. The minimum Gasteiger partial charge on any atom is -0.503 e. The molecule has 1 aromatic rings. The van der Waals surface area contributed by atoms with Gasteiger partial charge < -0.3 is 24.4 Å². The molecule has 1 aliphatic heterocycles. The summed E-state index contributed by atoms with van der Waals surface area (Å²) < 4.78 is 6.74.